The average Bonchev–Trinajstić information content (AvgIpc) is 2.77. The van der Waals surface area contributed by atoms with Crippen LogP contribution in [0.1, 0.15) is 12.6 Å². The number of hydrogen-bond donors (Lipinski definition) is 2. The number of nitrogens with one attached hydrogen (secondary N) is 1. The van der Waals surface area contributed by atoms with Crippen molar-refractivity contribution in [3.8, 4) is 0 Å². The second kappa shape index (κ2) is 6.24. The molecule has 0 fully saturated rings. The normalized spacial score (nSPS) is 14.3. The average molecular weight is 290 g/mol. The highest BCUT2D eigenvalue weighted by Gasteiger charge is 2.22. The highest BCUT2D eigenvalue weighted by Crippen LogP contribution is 2.06. The minimum Gasteiger partial charge on any atom is -0.387 e. The first-order chi connectivity index (χ1) is 9.85. The van der Waals surface area contributed by atoms with Crippen molar-refractivity contribution in [3.05, 3.63) is 36.3 Å². The van der Waals surface area contributed by atoms with Gasteiger partial charge in [0.1, 0.15) is 5.65 Å². The molecular formula is C15H22N4O2. The molecule has 0 aliphatic rings. The van der Waals surface area contributed by atoms with Crippen LogP contribution < -0.4 is 5.32 Å². The summed E-state index contributed by atoms with van der Waals surface area (Å²) in [5, 5.41) is 12.9. The van der Waals surface area contributed by atoms with Gasteiger partial charge in [-0.15, -0.1) is 0 Å². The Labute approximate surface area is 124 Å². The molecule has 0 aliphatic carbocycles. The van der Waals surface area contributed by atoms with Gasteiger partial charge in [-0.3, -0.25) is 4.79 Å². The number of imidazole rings is 1. The summed E-state index contributed by atoms with van der Waals surface area (Å²) in [5.74, 6) is -0.141. The van der Waals surface area contributed by atoms with Gasteiger partial charge in [-0.2, -0.15) is 0 Å². The van der Waals surface area contributed by atoms with Crippen molar-refractivity contribution < 1.29 is 9.90 Å². The predicted molar refractivity (Wildman–Crippen MR) is 81.1 cm³/mol. The highest BCUT2D eigenvalue weighted by atomic mass is 16.3. The zero-order valence-corrected chi connectivity index (χ0v) is 12.7. The molecule has 114 valence electrons. The third-order valence-electron chi connectivity index (χ3n) is 3.08. The molecule has 2 aromatic heterocycles. The van der Waals surface area contributed by atoms with Gasteiger partial charge >= 0.3 is 0 Å². The van der Waals surface area contributed by atoms with Crippen LogP contribution in [0.25, 0.3) is 5.65 Å². The lowest BCUT2D eigenvalue weighted by molar-refractivity contribution is -0.121. The molecule has 2 N–H and O–H groups in total. The fraction of sp³-hybridized carbons (Fsp3) is 0.467. The molecule has 0 bridgehead atoms. The molecule has 1 unspecified atom stereocenters. The van der Waals surface area contributed by atoms with Gasteiger partial charge < -0.3 is 19.7 Å². The van der Waals surface area contributed by atoms with Gasteiger partial charge in [0.05, 0.1) is 17.7 Å². The largest absolute Gasteiger partial charge is 0.387 e. The minimum atomic E-state index is -0.946. The topological polar surface area (TPSA) is 69.9 Å². The number of hydrogen-bond acceptors (Lipinski definition) is 4. The van der Waals surface area contributed by atoms with Crippen molar-refractivity contribution in [2.24, 2.45) is 0 Å². The Kier molecular flexibility index (Phi) is 4.59. The molecule has 6 heteroatoms. The van der Waals surface area contributed by atoms with Gasteiger partial charge in [0.15, 0.2) is 0 Å². The third kappa shape index (κ3) is 4.54. The maximum absolute atomic E-state index is 11.9. The first-order valence-corrected chi connectivity index (χ1v) is 6.92. The first kappa shape index (κ1) is 15.5. The number of amides is 1. The van der Waals surface area contributed by atoms with E-state index in [1.54, 1.807) is 6.92 Å². The fourth-order valence-electron chi connectivity index (χ4n) is 2.33. The molecule has 2 heterocycles. The molecular weight excluding hydrogens is 268 g/mol. The van der Waals surface area contributed by atoms with Gasteiger partial charge in [-0.05, 0) is 33.2 Å². The van der Waals surface area contributed by atoms with E-state index in [9.17, 15) is 9.90 Å². The van der Waals surface area contributed by atoms with E-state index in [1.165, 1.54) is 0 Å². The zero-order valence-electron chi connectivity index (χ0n) is 12.7. The van der Waals surface area contributed by atoms with Gasteiger partial charge in [-0.1, -0.05) is 6.07 Å². The van der Waals surface area contributed by atoms with Gasteiger partial charge in [-0.25, -0.2) is 4.98 Å². The highest BCUT2D eigenvalue weighted by molar-refractivity contribution is 5.78. The molecule has 2 aromatic rings. The van der Waals surface area contributed by atoms with Crippen molar-refractivity contribution in [2.45, 2.75) is 18.9 Å². The Hall–Kier alpha value is -1.92. The lowest BCUT2D eigenvalue weighted by Crippen LogP contribution is -2.47. The lowest BCUT2D eigenvalue weighted by Gasteiger charge is -2.27. The van der Waals surface area contributed by atoms with Crippen molar-refractivity contribution >= 4 is 11.6 Å². The monoisotopic (exact) mass is 290 g/mol. The summed E-state index contributed by atoms with van der Waals surface area (Å²) in [6, 6.07) is 5.71. The van der Waals surface area contributed by atoms with Crippen LogP contribution in [-0.2, 0) is 11.2 Å². The van der Waals surface area contributed by atoms with Crippen molar-refractivity contribution in [1.29, 1.82) is 0 Å². The molecule has 1 amide bonds. The number of likely N-dealkylation sites (N-methyl/N-ethyl adjacent to an activating group) is 1. The lowest BCUT2D eigenvalue weighted by atomic mass is 10.1. The maximum atomic E-state index is 11.9. The van der Waals surface area contributed by atoms with E-state index in [-0.39, 0.29) is 18.9 Å². The van der Waals surface area contributed by atoms with E-state index in [0.29, 0.717) is 12.2 Å². The Bertz CT molecular complexity index is 586. The van der Waals surface area contributed by atoms with Crippen LogP contribution in [-0.4, -0.2) is 58.1 Å². The molecule has 0 aliphatic heterocycles. The van der Waals surface area contributed by atoms with Crippen LogP contribution in [0.15, 0.2) is 30.6 Å². The van der Waals surface area contributed by atoms with Crippen LogP contribution in [0, 0.1) is 0 Å². The van der Waals surface area contributed by atoms with E-state index < -0.39 is 5.60 Å². The summed E-state index contributed by atoms with van der Waals surface area (Å²) >= 11 is 0. The second-order valence-corrected chi connectivity index (χ2v) is 5.89. The number of aromatic nitrogens is 2. The summed E-state index contributed by atoms with van der Waals surface area (Å²) in [6.45, 7) is 2.41. The Morgan fingerprint density at radius 2 is 2.24 bits per heavy atom. The standard InChI is InChI=1S/C15H22N4O2/c1-15(21,11-18(2)3)10-16-14(20)8-12-9-19-7-5-4-6-13(19)17-12/h4-7,9,21H,8,10-11H2,1-3H3,(H,16,20). The van der Waals surface area contributed by atoms with Gasteiger partial charge in [0.25, 0.3) is 0 Å². The number of carbonyl (C=O) groups is 1. The number of nitrogens with zero attached hydrogens (tertiary/aromatic N) is 3. The summed E-state index contributed by atoms with van der Waals surface area (Å²) in [6.07, 6.45) is 3.94. The molecule has 6 nitrogen and oxygen atoms in total. The smallest absolute Gasteiger partial charge is 0.226 e. The molecule has 0 aromatic carbocycles. The summed E-state index contributed by atoms with van der Waals surface area (Å²) in [4.78, 5) is 18.2. The second-order valence-electron chi connectivity index (χ2n) is 5.89. The van der Waals surface area contributed by atoms with E-state index in [0.717, 1.165) is 5.65 Å². The number of aliphatic hydroxyl groups is 1. The predicted octanol–water partition coefficient (Wildman–Crippen LogP) is 0.306. The molecule has 0 saturated carbocycles. The van der Waals surface area contributed by atoms with Crippen LogP contribution >= 0.6 is 0 Å². The van der Waals surface area contributed by atoms with Gasteiger partial charge in [0.2, 0.25) is 5.91 Å². The first-order valence-electron chi connectivity index (χ1n) is 6.92. The Morgan fingerprint density at radius 1 is 1.48 bits per heavy atom. The molecule has 0 spiro atoms. The van der Waals surface area contributed by atoms with E-state index in [4.69, 9.17) is 0 Å². The number of rotatable bonds is 6. The SMILES string of the molecule is CN(C)CC(C)(O)CNC(=O)Cc1cn2ccccc2n1. The van der Waals surface area contributed by atoms with Crippen LogP contribution in [0.2, 0.25) is 0 Å². The Morgan fingerprint density at radius 3 is 2.90 bits per heavy atom. The third-order valence-corrected chi connectivity index (χ3v) is 3.08. The van der Waals surface area contributed by atoms with Crippen molar-refractivity contribution in [3.63, 3.8) is 0 Å². The maximum Gasteiger partial charge on any atom is 0.226 e. The molecule has 0 saturated heterocycles. The van der Waals surface area contributed by atoms with Crippen molar-refractivity contribution in [2.75, 3.05) is 27.2 Å². The zero-order chi connectivity index (χ0) is 15.5. The van der Waals surface area contributed by atoms with E-state index in [2.05, 4.69) is 10.3 Å². The summed E-state index contributed by atoms with van der Waals surface area (Å²) in [5.41, 5.74) is 0.587. The fourth-order valence-corrected chi connectivity index (χ4v) is 2.33. The summed E-state index contributed by atoms with van der Waals surface area (Å²) < 4.78 is 1.88. The minimum absolute atomic E-state index is 0.141. The molecule has 0 radical (unpaired) electrons. The molecule has 21 heavy (non-hydrogen) atoms. The number of fused-ring (bicyclic) bond motifs is 1. The van der Waals surface area contributed by atoms with E-state index >= 15 is 0 Å². The van der Waals surface area contributed by atoms with Crippen LogP contribution in [0.4, 0.5) is 0 Å². The van der Waals surface area contributed by atoms with Crippen molar-refractivity contribution in [1.82, 2.24) is 19.6 Å². The summed E-state index contributed by atoms with van der Waals surface area (Å²) in [7, 11) is 3.76. The number of carbonyl (C=O) groups excluding carboxylic acids is 1. The molecule has 2 rings (SSSR count). The van der Waals surface area contributed by atoms with Gasteiger partial charge in [0, 0.05) is 25.5 Å². The van der Waals surface area contributed by atoms with Crippen LogP contribution in [0.3, 0.4) is 0 Å². The molecule has 1 atom stereocenters. The number of pyridine rings is 1. The van der Waals surface area contributed by atoms with Crippen LogP contribution in [0.5, 0.6) is 0 Å². The Balaban J connectivity index is 1.89. The quantitative estimate of drug-likeness (QED) is 0.803. The van der Waals surface area contributed by atoms with E-state index in [1.807, 2.05) is 54.0 Å².